The van der Waals surface area contributed by atoms with Gasteiger partial charge in [0, 0.05) is 4.47 Å². The molecule has 1 amide bonds. The third-order valence-corrected chi connectivity index (χ3v) is 3.59. The van der Waals surface area contributed by atoms with Crippen molar-refractivity contribution in [2.75, 3.05) is 7.11 Å². The molecule has 2 aromatic rings. The first-order chi connectivity index (χ1) is 11.5. The molecule has 0 aliphatic rings. The Kier molecular flexibility index (Phi) is 6.25. The highest BCUT2D eigenvalue weighted by atomic mass is 79.9. The van der Waals surface area contributed by atoms with Crippen molar-refractivity contribution in [3.05, 3.63) is 58.1 Å². The number of hydrogen-bond acceptors (Lipinski definition) is 4. The van der Waals surface area contributed by atoms with Crippen molar-refractivity contribution in [3.63, 3.8) is 0 Å². The van der Waals surface area contributed by atoms with Gasteiger partial charge in [0.2, 0.25) is 0 Å². The number of hydrazone groups is 1. The molecule has 0 saturated heterocycles. The van der Waals surface area contributed by atoms with E-state index in [4.69, 9.17) is 4.74 Å². The molecule has 0 fully saturated rings. The molecule has 1 N–H and O–H groups in total. The number of halogens is 3. The zero-order valence-corrected chi connectivity index (χ0v) is 14.1. The van der Waals surface area contributed by atoms with Gasteiger partial charge in [-0.3, -0.25) is 4.79 Å². The maximum Gasteiger partial charge on any atom is 0.387 e. The maximum atomic E-state index is 12.3. The van der Waals surface area contributed by atoms with Crippen LogP contribution in [0.5, 0.6) is 11.5 Å². The second-order valence-electron chi connectivity index (χ2n) is 4.47. The number of nitrogens with one attached hydrogen (secondary N) is 1. The molecule has 0 aliphatic heterocycles. The first-order valence-electron chi connectivity index (χ1n) is 6.72. The Morgan fingerprint density at radius 3 is 2.67 bits per heavy atom. The van der Waals surface area contributed by atoms with E-state index in [2.05, 4.69) is 31.2 Å². The van der Waals surface area contributed by atoms with Crippen molar-refractivity contribution in [3.8, 4) is 11.5 Å². The summed E-state index contributed by atoms with van der Waals surface area (Å²) in [5.74, 6) is -0.332. The van der Waals surface area contributed by atoms with E-state index in [0.29, 0.717) is 15.6 Å². The Morgan fingerprint density at radius 2 is 2.00 bits per heavy atom. The summed E-state index contributed by atoms with van der Waals surface area (Å²) >= 11 is 3.28. The Balaban J connectivity index is 2.06. The van der Waals surface area contributed by atoms with Crippen LogP contribution in [0.2, 0.25) is 0 Å². The maximum absolute atomic E-state index is 12.3. The Morgan fingerprint density at radius 1 is 1.25 bits per heavy atom. The predicted octanol–water partition coefficient (Wildman–Crippen LogP) is 3.82. The Bertz CT molecular complexity index is 754. The van der Waals surface area contributed by atoms with Crippen LogP contribution in [-0.2, 0) is 0 Å². The van der Waals surface area contributed by atoms with Crippen molar-refractivity contribution in [2.24, 2.45) is 5.10 Å². The van der Waals surface area contributed by atoms with Crippen molar-refractivity contribution in [1.29, 1.82) is 0 Å². The quantitative estimate of drug-likeness (QED) is 0.594. The van der Waals surface area contributed by atoms with Crippen LogP contribution >= 0.6 is 15.9 Å². The zero-order chi connectivity index (χ0) is 17.5. The SMILES string of the molecule is COc1cc(C=NNC(=O)c2ccccc2Br)ccc1OC(F)F. The van der Waals surface area contributed by atoms with Gasteiger partial charge < -0.3 is 9.47 Å². The Hall–Kier alpha value is -2.48. The van der Waals surface area contributed by atoms with E-state index in [1.165, 1.54) is 31.5 Å². The summed E-state index contributed by atoms with van der Waals surface area (Å²) in [5, 5.41) is 3.84. The lowest BCUT2D eigenvalue weighted by Gasteiger charge is -2.10. The van der Waals surface area contributed by atoms with Gasteiger partial charge in [0.05, 0.1) is 18.9 Å². The fourth-order valence-corrected chi connectivity index (χ4v) is 2.29. The molecule has 24 heavy (non-hydrogen) atoms. The van der Waals surface area contributed by atoms with Gasteiger partial charge in [0.25, 0.3) is 5.91 Å². The minimum atomic E-state index is -2.94. The van der Waals surface area contributed by atoms with Crippen LogP contribution in [0.3, 0.4) is 0 Å². The lowest BCUT2D eigenvalue weighted by molar-refractivity contribution is -0.0512. The molecule has 0 spiro atoms. The van der Waals surface area contributed by atoms with E-state index >= 15 is 0 Å². The predicted molar refractivity (Wildman–Crippen MR) is 88.8 cm³/mol. The summed E-state index contributed by atoms with van der Waals surface area (Å²) in [6.07, 6.45) is 1.36. The molecule has 0 unspecified atom stereocenters. The average Bonchev–Trinajstić information content (AvgIpc) is 2.56. The molecule has 0 bridgehead atoms. The molecule has 2 rings (SSSR count). The number of methoxy groups -OCH3 is 1. The number of carbonyl (C=O) groups excluding carboxylic acids is 1. The summed E-state index contributed by atoms with van der Waals surface area (Å²) < 4.78 is 34.5. The smallest absolute Gasteiger partial charge is 0.387 e. The minimum Gasteiger partial charge on any atom is -0.493 e. The van der Waals surface area contributed by atoms with Gasteiger partial charge in [0.15, 0.2) is 11.5 Å². The van der Waals surface area contributed by atoms with E-state index in [-0.39, 0.29) is 17.4 Å². The molecule has 0 saturated carbocycles. The monoisotopic (exact) mass is 398 g/mol. The highest BCUT2D eigenvalue weighted by Crippen LogP contribution is 2.28. The van der Waals surface area contributed by atoms with Crippen LogP contribution in [0.1, 0.15) is 15.9 Å². The van der Waals surface area contributed by atoms with Gasteiger partial charge in [-0.25, -0.2) is 5.43 Å². The van der Waals surface area contributed by atoms with Crippen LogP contribution in [0.25, 0.3) is 0 Å². The second-order valence-corrected chi connectivity index (χ2v) is 5.32. The molecule has 0 aromatic heterocycles. The van der Waals surface area contributed by atoms with Crippen LogP contribution in [0.4, 0.5) is 8.78 Å². The van der Waals surface area contributed by atoms with E-state index < -0.39 is 6.61 Å². The Labute approximate surface area is 145 Å². The third-order valence-electron chi connectivity index (χ3n) is 2.90. The normalized spacial score (nSPS) is 10.9. The molecule has 8 heteroatoms. The van der Waals surface area contributed by atoms with Crippen LogP contribution in [0.15, 0.2) is 52.0 Å². The van der Waals surface area contributed by atoms with Crippen molar-refractivity contribution in [1.82, 2.24) is 5.43 Å². The first-order valence-corrected chi connectivity index (χ1v) is 7.51. The largest absolute Gasteiger partial charge is 0.493 e. The number of amides is 1. The summed E-state index contributed by atoms with van der Waals surface area (Å²) in [6, 6.07) is 11.2. The molecular formula is C16H13BrF2N2O3. The lowest BCUT2D eigenvalue weighted by Crippen LogP contribution is -2.18. The standard InChI is InChI=1S/C16H13BrF2N2O3/c1-23-14-8-10(6-7-13(14)24-16(18)19)9-20-21-15(22)11-4-2-3-5-12(11)17/h2-9,16H,1H3,(H,21,22). The number of hydrogen-bond donors (Lipinski definition) is 1. The lowest BCUT2D eigenvalue weighted by atomic mass is 10.2. The van der Waals surface area contributed by atoms with Crippen molar-refractivity contribution in [2.45, 2.75) is 6.61 Å². The highest BCUT2D eigenvalue weighted by molar-refractivity contribution is 9.10. The van der Waals surface area contributed by atoms with E-state index in [1.807, 2.05) is 0 Å². The van der Waals surface area contributed by atoms with E-state index in [1.54, 1.807) is 24.3 Å². The third kappa shape index (κ3) is 4.76. The second kappa shape index (κ2) is 8.39. The minimum absolute atomic E-state index is 0.0816. The number of nitrogens with zero attached hydrogens (tertiary/aromatic N) is 1. The summed E-state index contributed by atoms with van der Waals surface area (Å²) in [6.45, 7) is -2.94. The van der Waals surface area contributed by atoms with E-state index in [0.717, 1.165) is 0 Å². The van der Waals surface area contributed by atoms with Gasteiger partial charge in [-0.05, 0) is 51.8 Å². The van der Waals surface area contributed by atoms with Gasteiger partial charge in [-0.1, -0.05) is 12.1 Å². The first kappa shape index (κ1) is 17.9. The number of ether oxygens (including phenoxy) is 2. The zero-order valence-electron chi connectivity index (χ0n) is 12.5. The summed E-state index contributed by atoms with van der Waals surface area (Å²) in [5.41, 5.74) is 3.36. The molecule has 2 aromatic carbocycles. The van der Waals surface area contributed by atoms with E-state index in [9.17, 15) is 13.6 Å². The molecule has 0 heterocycles. The number of rotatable bonds is 6. The van der Waals surface area contributed by atoms with Gasteiger partial charge in [-0.2, -0.15) is 13.9 Å². The van der Waals surface area contributed by atoms with Crippen molar-refractivity contribution >= 4 is 28.1 Å². The molecule has 126 valence electrons. The van der Waals surface area contributed by atoms with Gasteiger partial charge in [0.1, 0.15) is 0 Å². The highest BCUT2D eigenvalue weighted by Gasteiger charge is 2.11. The molecule has 5 nitrogen and oxygen atoms in total. The fraction of sp³-hybridized carbons (Fsp3) is 0.125. The summed E-state index contributed by atoms with van der Waals surface area (Å²) in [4.78, 5) is 12.0. The molecule has 0 radical (unpaired) electrons. The van der Waals surface area contributed by atoms with Crippen LogP contribution in [-0.4, -0.2) is 25.8 Å². The molecule has 0 aliphatic carbocycles. The topological polar surface area (TPSA) is 59.9 Å². The molecule has 0 atom stereocenters. The van der Waals surface area contributed by atoms with Crippen LogP contribution in [0, 0.1) is 0 Å². The fourth-order valence-electron chi connectivity index (χ4n) is 1.83. The van der Waals surface area contributed by atoms with Gasteiger partial charge in [-0.15, -0.1) is 0 Å². The molecular weight excluding hydrogens is 386 g/mol. The van der Waals surface area contributed by atoms with Gasteiger partial charge >= 0.3 is 6.61 Å². The average molecular weight is 399 g/mol. The van der Waals surface area contributed by atoms with Crippen molar-refractivity contribution < 1.29 is 23.0 Å². The summed E-state index contributed by atoms with van der Waals surface area (Å²) in [7, 11) is 1.34. The number of carbonyl (C=O) groups is 1. The van der Waals surface area contributed by atoms with Crippen LogP contribution < -0.4 is 14.9 Å². The number of benzene rings is 2. The number of alkyl halides is 2.